The van der Waals surface area contributed by atoms with Gasteiger partial charge < -0.3 is 19.5 Å². The van der Waals surface area contributed by atoms with E-state index in [4.69, 9.17) is 14.2 Å². The van der Waals surface area contributed by atoms with E-state index in [2.05, 4.69) is 10.3 Å². The standard InChI is InChI=1S/C29H22FN3O5/c1-36-26-16-23-24(17-27(26)37-2)31-14-13-25(23)38-21-11-7-19(8-12-21)32-28(34)22-4-3-15-33(29(22)35)20-9-5-18(30)6-10-20/h3-17H,1-2H3,(H,32,34). The van der Waals surface area contributed by atoms with Crippen molar-refractivity contribution in [2.24, 2.45) is 0 Å². The van der Waals surface area contributed by atoms with Crippen molar-refractivity contribution in [2.45, 2.75) is 0 Å². The van der Waals surface area contributed by atoms with Crippen molar-refractivity contribution in [3.05, 3.63) is 113 Å². The molecule has 5 aromatic rings. The Kier molecular flexibility index (Phi) is 6.73. The molecule has 1 amide bonds. The average molecular weight is 512 g/mol. The van der Waals surface area contributed by atoms with Crippen LogP contribution in [0, 0.1) is 5.82 Å². The molecule has 0 unspecified atom stereocenters. The van der Waals surface area contributed by atoms with Gasteiger partial charge in [0, 0.05) is 35.2 Å². The molecule has 0 saturated heterocycles. The summed E-state index contributed by atoms with van der Waals surface area (Å²) in [5, 5.41) is 3.47. The minimum atomic E-state index is -0.568. The van der Waals surface area contributed by atoms with E-state index in [0.29, 0.717) is 39.9 Å². The zero-order chi connectivity index (χ0) is 26.6. The van der Waals surface area contributed by atoms with Gasteiger partial charge in [-0.25, -0.2) is 4.39 Å². The molecule has 3 aromatic carbocycles. The SMILES string of the molecule is COc1cc2nccc(Oc3ccc(NC(=O)c4cccn(-c5ccc(F)cc5)c4=O)cc3)c2cc1OC. The molecule has 5 rings (SSSR count). The van der Waals surface area contributed by atoms with Crippen molar-refractivity contribution < 1.29 is 23.4 Å². The monoisotopic (exact) mass is 511 g/mol. The van der Waals surface area contributed by atoms with E-state index < -0.39 is 17.3 Å². The molecule has 0 aliphatic carbocycles. The molecular weight excluding hydrogens is 489 g/mol. The van der Waals surface area contributed by atoms with Crippen LogP contribution in [0.2, 0.25) is 0 Å². The van der Waals surface area contributed by atoms with Crippen LogP contribution in [0.3, 0.4) is 0 Å². The molecule has 0 spiro atoms. The number of fused-ring (bicyclic) bond motifs is 1. The van der Waals surface area contributed by atoms with Crippen LogP contribution in [0.5, 0.6) is 23.0 Å². The molecule has 2 aromatic heterocycles. The molecule has 0 aliphatic rings. The smallest absolute Gasteiger partial charge is 0.267 e. The van der Waals surface area contributed by atoms with Crippen LogP contribution in [-0.4, -0.2) is 29.7 Å². The fraction of sp³-hybridized carbons (Fsp3) is 0.0690. The Hall–Kier alpha value is -5.18. The minimum Gasteiger partial charge on any atom is -0.493 e. The Morgan fingerprint density at radius 3 is 2.32 bits per heavy atom. The number of halogens is 1. The van der Waals surface area contributed by atoms with Crippen molar-refractivity contribution >= 4 is 22.5 Å². The van der Waals surface area contributed by atoms with Crippen LogP contribution >= 0.6 is 0 Å². The second-order valence-electron chi connectivity index (χ2n) is 8.19. The van der Waals surface area contributed by atoms with E-state index in [0.717, 1.165) is 5.39 Å². The normalized spacial score (nSPS) is 10.7. The Labute approximate surface area is 216 Å². The number of nitrogens with zero attached hydrogens (tertiary/aromatic N) is 2. The predicted molar refractivity (Wildman–Crippen MR) is 141 cm³/mol. The third-order valence-corrected chi connectivity index (χ3v) is 5.84. The highest BCUT2D eigenvalue weighted by molar-refractivity contribution is 6.04. The number of pyridine rings is 2. The number of carbonyl (C=O) groups excluding carboxylic acids is 1. The molecule has 8 nitrogen and oxygen atoms in total. The predicted octanol–water partition coefficient (Wildman–Crippen LogP) is 5.59. The first-order valence-electron chi connectivity index (χ1n) is 11.5. The summed E-state index contributed by atoms with van der Waals surface area (Å²) in [6.07, 6.45) is 3.16. The Balaban J connectivity index is 1.34. The Morgan fingerprint density at radius 1 is 0.895 bits per heavy atom. The first kappa shape index (κ1) is 24.5. The van der Waals surface area contributed by atoms with Crippen LogP contribution < -0.4 is 25.1 Å². The van der Waals surface area contributed by atoms with E-state index in [1.54, 1.807) is 68.9 Å². The van der Waals surface area contributed by atoms with Crippen LogP contribution in [0.15, 0.2) is 96.1 Å². The summed E-state index contributed by atoms with van der Waals surface area (Å²) in [7, 11) is 3.12. The lowest BCUT2D eigenvalue weighted by Crippen LogP contribution is -2.27. The van der Waals surface area contributed by atoms with Gasteiger partial charge in [0.05, 0.1) is 19.7 Å². The topological polar surface area (TPSA) is 91.7 Å². The highest BCUT2D eigenvalue weighted by atomic mass is 19.1. The van der Waals surface area contributed by atoms with Crippen LogP contribution in [0.25, 0.3) is 16.6 Å². The number of hydrogen-bond donors (Lipinski definition) is 1. The van der Waals surface area contributed by atoms with Crippen molar-refractivity contribution in [2.75, 3.05) is 19.5 Å². The van der Waals surface area contributed by atoms with Crippen molar-refractivity contribution in [3.8, 4) is 28.7 Å². The molecule has 0 bridgehead atoms. The van der Waals surface area contributed by atoms with E-state index in [-0.39, 0.29) is 5.56 Å². The van der Waals surface area contributed by atoms with Gasteiger partial charge in [-0.2, -0.15) is 0 Å². The molecule has 2 heterocycles. The average Bonchev–Trinajstić information content (AvgIpc) is 2.94. The molecule has 190 valence electrons. The summed E-state index contributed by atoms with van der Waals surface area (Å²) in [6.45, 7) is 0. The van der Waals surface area contributed by atoms with Gasteiger partial charge in [0.1, 0.15) is 22.9 Å². The van der Waals surface area contributed by atoms with Gasteiger partial charge in [-0.3, -0.25) is 19.1 Å². The molecule has 1 N–H and O–H groups in total. The van der Waals surface area contributed by atoms with Gasteiger partial charge in [0.2, 0.25) is 0 Å². The number of carbonyl (C=O) groups is 1. The van der Waals surface area contributed by atoms with Gasteiger partial charge in [0.15, 0.2) is 11.5 Å². The summed E-state index contributed by atoms with van der Waals surface area (Å²) in [6, 6.07) is 20.5. The summed E-state index contributed by atoms with van der Waals surface area (Å²) in [5.41, 5.74) is 1.04. The molecule has 0 atom stereocenters. The molecular formula is C29H22FN3O5. The van der Waals surface area contributed by atoms with Crippen molar-refractivity contribution in [1.29, 1.82) is 0 Å². The third kappa shape index (κ3) is 4.90. The fourth-order valence-corrected chi connectivity index (χ4v) is 3.94. The van der Waals surface area contributed by atoms with Crippen LogP contribution in [0.4, 0.5) is 10.1 Å². The first-order valence-corrected chi connectivity index (χ1v) is 11.5. The lowest BCUT2D eigenvalue weighted by atomic mass is 10.2. The number of amides is 1. The van der Waals surface area contributed by atoms with E-state index in [1.807, 2.05) is 0 Å². The Bertz CT molecular complexity index is 1680. The minimum absolute atomic E-state index is 0.0511. The second kappa shape index (κ2) is 10.4. The largest absolute Gasteiger partial charge is 0.493 e. The van der Waals surface area contributed by atoms with Crippen molar-refractivity contribution in [3.63, 3.8) is 0 Å². The number of benzene rings is 3. The first-order chi connectivity index (χ1) is 18.5. The van der Waals surface area contributed by atoms with Crippen molar-refractivity contribution in [1.82, 2.24) is 9.55 Å². The fourth-order valence-electron chi connectivity index (χ4n) is 3.94. The summed E-state index contributed by atoms with van der Waals surface area (Å²) in [5.74, 6) is 1.23. The zero-order valence-corrected chi connectivity index (χ0v) is 20.5. The highest BCUT2D eigenvalue weighted by Crippen LogP contribution is 2.37. The number of ether oxygens (including phenoxy) is 3. The number of hydrogen-bond acceptors (Lipinski definition) is 6. The van der Waals surface area contributed by atoms with Gasteiger partial charge in [-0.05, 0) is 72.8 Å². The quantitative estimate of drug-likeness (QED) is 0.307. The number of anilines is 1. The molecule has 0 aliphatic heterocycles. The molecule has 0 fully saturated rings. The summed E-state index contributed by atoms with van der Waals surface area (Å²) < 4.78 is 31.4. The highest BCUT2D eigenvalue weighted by Gasteiger charge is 2.14. The van der Waals surface area contributed by atoms with Gasteiger partial charge in [-0.1, -0.05) is 0 Å². The van der Waals surface area contributed by atoms with E-state index >= 15 is 0 Å². The van der Waals surface area contributed by atoms with Gasteiger partial charge in [-0.15, -0.1) is 0 Å². The van der Waals surface area contributed by atoms with Crippen LogP contribution in [0.1, 0.15) is 10.4 Å². The Morgan fingerprint density at radius 2 is 1.61 bits per heavy atom. The summed E-state index contributed by atoms with van der Waals surface area (Å²) in [4.78, 5) is 30.1. The van der Waals surface area contributed by atoms with E-state index in [9.17, 15) is 14.0 Å². The second-order valence-corrected chi connectivity index (χ2v) is 8.19. The molecule has 0 saturated carbocycles. The molecule has 9 heteroatoms. The van der Waals surface area contributed by atoms with Gasteiger partial charge >= 0.3 is 0 Å². The zero-order valence-electron chi connectivity index (χ0n) is 20.5. The maximum absolute atomic E-state index is 13.3. The number of nitrogens with one attached hydrogen (secondary N) is 1. The number of aromatic nitrogens is 2. The summed E-state index contributed by atoms with van der Waals surface area (Å²) >= 11 is 0. The van der Waals surface area contributed by atoms with Crippen LogP contribution in [-0.2, 0) is 0 Å². The maximum atomic E-state index is 13.3. The maximum Gasteiger partial charge on any atom is 0.267 e. The molecule has 38 heavy (non-hydrogen) atoms. The number of methoxy groups -OCH3 is 2. The molecule has 0 radical (unpaired) electrons. The lowest BCUT2D eigenvalue weighted by molar-refractivity contribution is 0.102. The van der Waals surface area contributed by atoms with E-state index in [1.165, 1.54) is 41.1 Å². The van der Waals surface area contributed by atoms with Gasteiger partial charge in [0.25, 0.3) is 11.5 Å². The third-order valence-electron chi connectivity index (χ3n) is 5.84. The lowest BCUT2D eigenvalue weighted by Gasteiger charge is -2.13. The number of rotatable bonds is 7.